The molecule has 3 aromatic rings. The predicted octanol–water partition coefficient (Wildman–Crippen LogP) is 5.50. The second kappa shape index (κ2) is 6.78. The number of carbonyl (C=O) groups excluding carboxylic acids is 1. The summed E-state index contributed by atoms with van der Waals surface area (Å²) in [6.07, 6.45) is 2.57. The number of thiazole rings is 1. The van der Waals surface area contributed by atoms with Crippen molar-refractivity contribution < 1.29 is 9.18 Å². The van der Waals surface area contributed by atoms with E-state index in [9.17, 15) is 9.18 Å². The highest BCUT2D eigenvalue weighted by molar-refractivity contribution is 9.10. The third-order valence-electron chi connectivity index (χ3n) is 2.98. The van der Waals surface area contributed by atoms with Gasteiger partial charge in [0.2, 0.25) is 5.91 Å². The van der Waals surface area contributed by atoms with Crippen molar-refractivity contribution in [3.63, 3.8) is 0 Å². The zero-order valence-corrected chi connectivity index (χ0v) is 14.7. The second-order valence-electron chi connectivity index (χ2n) is 4.59. The number of nitrogens with zero attached hydrogens (tertiary/aromatic N) is 1. The Bertz CT molecular complexity index is 905. The molecule has 0 spiro atoms. The van der Waals surface area contributed by atoms with E-state index in [1.54, 1.807) is 6.07 Å². The highest BCUT2D eigenvalue weighted by Gasteiger charge is 2.07. The summed E-state index contributed by atoms with van der Waals surface area (Å²) in [6, 6.07) is 10.0. The van der Waals surface area contributed by atoms with E-state index >= 15 is 0 Å². The molecule has 3 rings (SSSR count). The van der Waals surface area contributed by atoms with Gasteiger partial charge in [-0.25, -0.2) is 9.37 Å². The van der Waals surface area contributed by atoms with E-state index in [2.05, 4.69) is 26.2 Å². The van der Waals surface area contributed by atoms with Crippen molar-refractivity contribution in [2.75, 3.05) is 5.32 Å². The minimum absolute atomic E-state index is 0.178. The number of rotatable bonds is 3. The van der Waals surface area contributed by atoms with Crippen molar-refractivity contribution in [2.24, 2.45) is 0 Å². The third-order valence-corrected chi connectivity index (χ3v) is 4.74. The molecule has 3 nitrogen and oxygen atoms in total. The van der Waals surface area contributed by atoms with Gasteiger partial charge < -0.3 is 0 Å². The van der Waals surface area contributed by atoms with E-state index in [1.165, 1.54) is 35.6 Å². The Hall–Kier alpha value is -1.76. The van der Waals surface area contributed by atoms with E-state index in [0.717, 1.165) is 14.7 Å². The van der Waals surface area contributed by atoms with Crippen LogP contribution in [0.1, 0.15) is 5.56 Å². The van der Waals surface area contributed by atoms with E-state index in [4.69, 9.17) is 11.6 Å². The Labute approximate surface area is 148 Å². The Balaban J connectivity index is 1.77. The molecule has 0 aliphatic heterocycles. The summed E-state index contributed by atoms with van der Waals surface area (Å²) >= 11 is 10.7. The van der Waals surface area contributed by atoms with Gasteiger partial charge in [-0.1, -0.05) is 44.9 Å². The molecule has 0 unspecified atom stereocenters. The van der Waals surface area contributed by atoms with Crippen molar-refractivity contribution in [2.45, 2.75) is 0 Å². The minimum atomic E-state index is -0.480. The Morgan fingerprint density at radius 2 is 2.17 bits per heavy atom. The number of halogens is 3. The van der Waals surface area contributed by atoms with Crippen LogP contribution in [0.3, 0.4) is 0 Å². The largest absolute Gasteiger partial charge is 0.298 e. The van der Waals surface area contributed by atoms with Crippen molar-refractivity contribution in [1.29, 1.82) is 0 Å². The molecule has 0 aliphatic carbocycles. The maximum absolute atomic E-state index is 13.6. The fraction of sp³-hybridized carbons (Fsp3) is 0. The van der Waals surface area contributed by atoms with Crippen LogP contribution in [-0.4, -0.2) is 10.9 Å². The molecule has 23 heavy (non-hydrogen) atoms. The number of nitrogens with one attached hydrogen (secondary N) is 1. The van der Waals surface area contributed by atoms with Crippen LogP contribution < -0.4 is 5.32 Å². The Morgan fingerprint density at radius 3 is 2.96 bits per heavy atom. The molecular weight excluding hydrogens is 403 g/mol. The van der Waals surface area contributed by atoms with Gasteiger partial charge >= 0.3 is 0 Å². The van der Waals surface area contributed by atoms with Crippen LogP contribution in [-0.2, 0) is 4.79 Å². The standard InChI is InChI=1S/C16H9BrClFN2OS/c17-9-4-6-13-14(8-9)23-16(20-13)21-15(22)7-5-10-11(18)2-1-3-12(10)19/h1-8H,(H,20,21,22). The first-order valence-electron chi connectivity index (χ1n) is 6.52. The molecule has 1 N–H and O–H groups in total. The fourth-order valence-corrected chi connectivity index (χ4v) is 3.57. The molecule has 2 aromatic carbocycles. The Kier molecular flexibility index (Phi) is 4.75. The molecule has 0 aliphatic rings. The summed E-state index contributed by atoms with van der Waals surface area (Å²) in [5, 5.41) is 3.39. The van der Waals surface area contributed by atoms with Crippen LogP contribution in [0, 0.1) is 5.82 Å². The van der Waals surface area contributed by atoms with E-state index in [-0.39, 0.29) is 10.6 Å². The van der Waals surface area contributed by atoms with Crippen LogP contribution in [0.4, 0.5) is 9.52 Å². The zero-order chi connectivity index (χ0) is 16.4. The molecule has 0 saturated heterocycles. The SMILES string of the molecule is O=C(C=Cc1c(F)cccc1Cl)Nc1nc2ccc(Br)cc2s1. The molecule has 7 heteroatoms. The quantitative estimate of drug-likeness (QED) is 0.578. The second-order valence-corrected chi connectivity index (χ2v) is 6.94. The number of aromatic nitrogens is 1. The predicted molar refractivity (Wildman–Crippen MR) is 96.4 cm³/mol. The molecule has 0 atom stereocenters. The van der Waals surface area contributed by atoms with E-state index in [1.807, 2.05) is 18.2 Å². The minimum Gasteiger partial charge on any atom is -0.298 e. The van der Waals surface area contributed by atoms with Crippen LogP contribution >= 0.6 is 38.9 Å². The summed E-state index contributed by atoms with van der Waals surface area (Å²) in [5.74, 6) is -0.881. The third kappa shape index (κ3) is 3.77. The zero-order valence-electron chi connectivity index (χ0n) is 11.5. The normalized spacial score (nSPS) is 11.3. The van der Waals surface area contributed by atoms with Crippen LogP contribution in [0.2, 0.25) is 5.02 Å². The number of hydrogen-bond acceptors (Lipinski definition) is 3. The summed E-state index contributed by atoms with van der Waals surface area (Å²) in [6.45, 7) is 0. The van der Waals surface area contributed by atoms with Gasteiger partial charge in [-0.2, -0.15) is 0 Å². The molecule has 1 aromatic heterocycles. The molecule has 1 amide bonds. The number of anilines is 1. The van der Waals surface area contributed by atoms with Gasteiger partial charge in [0.05, 0.1) is 15.2 Å². The lowest BCUT2D eigenvalue weighted by Crippen LogP contribution is -2.07. The van der Waals surface area contributed by atoms with Crippen LogP contribution in [0.15, 0.2) is 46.9 Å². The lowest BCUT2D eigenvalue weighted by Gasteiger charge is -1.99. The highest BCUT2D eigenvalue weighted by atomic mass is 79.9. The first-order chi connectivity index (χ1) is 11.0. The smallest absolute Gasteiger partial charge is 0.250 e. The monoisotopic (exact) mass is 410 g/mol. The topological polar surface area (TPSA) is 42.0 Å². The van der Waals surface area contributed by atoms with Gasteiger partial charge in [-0.3, -0.25) is 10.1 Å². The lowest BCUT2D eigenvalue weighted by molar-refractivity contribution is -0.111. The van der Waals surface area contributed by atoms with Gasteiger partial charge in [-0.05, 0) is 36.4 Å². The van der Waals surface area contributed by atoms with E-state index < -0.39 is 11.7 Å². The molecule has 0 bridgehead atoms. The van der Waals surface area contributed by atoms with Crippen LogP contribution in [0.25, 0.3) is 16.3 Å². The lowest BCUT2D eigenvalue weighted by atomic mass is 10.2. The molecule has 1 heterocycles. The van der Waals surface area contributed by atoms with Crippen molar-refractivity contribution in [3.05, 3.63) is 63.4 Å². The maximum Gasteiger partial charge on any atom is 0.250 e. The van der Waals surface area contributed by atoms with Gasteiger partial charge in [0, 0.05) is 16.1 Å². The first-order valence-corrected chi connectivity index (χ1v) is 8.51. The van der Waals surface area contributed by atoms with Crippen LogP contribution in [0.5, 0.6) is 0 Å². The number of carbonyl (C=O) groups is 1. The molecular formula is C16H9BrClFN2OS. The molecule has 116 valence electrons. The maximum atomic E-state index is 13.6. The number of hydrogen-bond donors (Lipinski definition) is 1. The summed E-state index contributed by atoms with van der Waals surface area (Å²) < 4.78 is 15.5. The molecule has 0 fully saturated rings. The Morgan fingerprint density at radius 1 is 1.35 bits per heavy atom. The average Bonchev–Trinajstić information content (AvgIpc) is 2.88. The number of amides is 1. The number of fused-ring (bicyclic) bond motifs is 1. The van der Waals surface area contributed by atoms with Crippen molar-refractivity contribution in [3.8, 4) is 0 Å². The summed E-state index contributed by atoms with van der Waals surface area (Å²) in [5.41, 5.74) is 0.979. The molecule has 0 radical (unpaired) electrons. The van der Waals surface area contributed by atoms with Gasteiger partial charge in [0.1, 0.15) is 5.82 Å². The first kappa shape index (κ1) is 16.1. The van der Waals surface area contributed by atoms with Crippen molar-refractivity contribution in [1.82, 2.24) is 4.98 Å². The van der Waals surface area contributed by atoms with E-state index in [0.29, 0.717) is 5.13 Å². The number of benzene rings is 2. The van der Waals surface area contributed by atoms with Gasteiger partial charge in [0.25, 0.3) is 0 Å². The summed E-state index contributed by atoms with van der Waals surface area (Å²) in [4.78, 5) is 16.3. The van der Waals surface area contributed by atoms with Gasteiger partial charge in [0.15, 0.2) is 5.13 Å². The summed E-state index contributed by atoms with van der Waals surface area (Å²) in [7, 11) is 0. The van der Waals surface area contributed by atoms with Gasteiger partial charge in [-0.15, -0.1) is 0 Å². The average molecular weight is 412 g/mol. The highest BCUT2D eigenvalue weighted by Crippen LogP contribution is 2.28. The fourth-order valence-electron chi connectivity index (χ4n) is 1.93. The van der Waals surface area contributed by atoms with Crippen molar-refractivity contribution >= 4 is 66.2 Å². The molecule has 0 saturated carbocycles.